The maximum atomic E-state index is 12.3. The van der Waals surface area contributed by atoms with Crippen LogP contribution < -0.4 is 14.8 Å². The molecule has 1 heterocycles. The van der Waals surface area contributed by atoms with Crippen LogP contribution in [0.25, 0.3) is 0 Å². The second-order valence-corrected chi connectivity index (χ2v) is 5.33. The van der Waals surface area contributed by atoms with E-state index in [0.29, 0.717) is 23.6 Å². The number of nitrogens with zero attached hydrogens (tertiary/aromatic N) is 2. The van der Waals surface area contributed by atoms with Crippen LogP contribution >= 0.6 is 0 Å². The van der Waals surface area contributed by atoms with Crippen LogP contribution in [0.1, 0.15) is 28.2 Å². The molecule has 23 heavy (non-hydrogen) atoms. The van der Waals surface area contributed by atoms with Gasteiger partial charge in [-0.05, 0) is 38.5 Å². The lowest BCUT2D eigenvalue weighted by molar-refractivity contribution is 0.0949. The van der Waals surface area contributed by atoms with Crippen LogP contribution in [0, 0.1) is 13.8 Å². The maximum Gasteiger partial charge on any atom is 0.255 e. The van der Waals surface area contributed by atoms with Crippen molar-refractivity contribution in [2.24, 2.45) is 0 Å². The Kier molecular flexibility index (Phi) is 5.62. The number of ether oxygens (including phenoxy) is 2. The summed E-state index contributed by atoms with van der Waals surface area (Å²) in [6, 6.07) is 7.19. The van der Waals surface area contributed by atoms with E-state index in [0.717, 1.165) is 24.4 Å². The first-order chi connectivity index (χ1) is 11.0. The Morgan fingerprint density at radius 3 is 2.61 bits per heavy atom. The standard InChI is InChI=1S/C17H23N3O3/c1-12-10-13(2)20(19-12)9-5-8-18-17(21)15-7-6-14(22-3)11-16(15)23-4/h6-7,10-11H,5,8-9H2,1-4H3,(H,18,21). The Hall–Kier alpha value is -2.50. The van der Waals surface area contributed by atoms with E-state index < -0.39 is 0 Å². The summed E-state index contributed by atoms with van der Waals surface area (Å²) < 4.78 is 12.3. The van der Waals surface area contributed by atoms with Gasteiger partial charge < -0.3 is 14.8 Å². The molecule has 0 aliphatic heterocycles. The van der Waals surface area contributed by atoms with Gasteiger partial charge in [0, 0.05) is 24.8 Å². The molecule has 6 heteroatoms. The lowest BCUT2D eigenvalue weighted by Gasteiger charge is -2.11. The fraction of sp³-hybridized carbons (Fsp3) is 0.412. The highest BCUT2D eigenvalue weighted by atomic mass is 16.5. The third kappa shape index (κ3) is 4.25. The van der Waals surface area contributed by atoms with Crippen molar-refractivity contribution < 1.29 is 14.3 Å². The summed E-state index contributed by atoms with van der Waals surface area (Å²) in [6.07, 6.45) is 0.812. The van der Waals surface area contributed by atoms with Crippen molar-refractivity contribution in [3.05, 3.63) is 41.2 Å². The molecule has 1 N–H and O–H groups in total. The molecule has 124 valence electrons. The molecule has 1 amide bonds. The van der Waals surface area contributed by atoms with Crippen LogP contribution in [-0.4, -0.2) is 36.5 Å². The number of carbonyl (C=O) groups excluding carboxylic acids is 1. The van der Waals surface area contributed by atoms with E-state index in [1.165, 1.54) is 7.11 Å². The molecule has 0 saturated heterocycles. The van der Waals surface area contributed by atoms with Gasteiger partial charge in [-0.2, -0.15) is 5.10 Å². The van der Waals surface area contributed by atoms with Crippen molar-refractivity contribution in [2.75, 3.05) is 20.8 Å². The minimum absolute atomic E-state index is 0.155. The summed E-state index contributed by atoms with van der Waals surface area (Å²) in [5.74, 6) is 1.00. The molecule has 0 bridgehead atoms. The van der Waals surface area contributed by atoms with Gasteiger partial charge in [0.25, 0.3) is 5.91 Å². The molecule has 0 atom stereocenters. The molecule has 6 nitrogen and oxygen atoms in total. The number of hydrogen-bond donors (Lipinski definition) is 1. The van der Waals surface area contributed by atoms with Gasteiger partial charge in [0.15, 0.2) is 0 Å². The molecule has 0 fully saturated rings. The fourth-order valence-electron chi connectivity index (χ4n) is 2.41. The van der Waals surface area contributed by atoms with Crippen LogP contribution in [0.2, 0.25) is 0 Å². The Bertz CT molecular complexity index is 680. The molecule has 0 aliphatic carbocycles. The highest BCUT2D eigenvalue weighted by molar-refractivity contribution is 5.97. The minimum atomic E-state index is -0.155. The molecule has 0 saturated carbocycles. The molecule has 0 unspecified atom stereocenters. The summed E-state index contributed by atoms with van der Waals surface area (Å²) >= 11 is 0. The van der Waals surface area contributed by atoms with Gasteiger partial charge in [0.1, 0.15) is 11.5 Å². The second-order valence-electron chi connectivity index (χ2n) is 5.33. The predicted molar refractivity (Wildman–Crippen MR) is 88.2 cm³/mol. The van der Waals surface area contributed by atoms with Crippen molar-refractivity contribution in [2.45, 2.75) is 26.8 Å². The zero-order valence-corrected chi connectivity index (χ0v) is 14.0. The van der Waals surface area contributed by atoms with Gasteiger partial charge in [-0.15, -0.1) is 0 Å². The van der Waals surface area contributed by atoms with Crippen molar-refractivity contribution >= 4 is 5.91 Å². The normalized spacial score (nSPS) is 10.4. The van der Waals surface area contributed by atoms with E-state index in [1.807, 2.05) is 24.6 Å². The largest absolute Gasteiger partial charge is 0.497 e. The molecular weight excluding hydrogens is 294 g/mol. The maximum absolute atomic E-state index is 12.3. The number of aromatic nitrogens is 2. The van der Waals surface area contributed by atoms with Gasteiger partial charge in [0.2, 0.25) is 0 Å². The highest BCUT2D eigenvalue weighted by Gasteiger charge is 2.12. The zero-order chi connectivity index (χ0) is 16.8. The van der Waals surface area contributed by atoms with Gasteiger partial charge in [0.05, 0.1) is 25.5 Å². The predicted octanol–water partition coefficient (Wildman–Crippen LogP) is 2.34. The third-order valence-electron chi connectivity index (χ3n) is 3.59. The number of rotatable bonds is 7. The number of methoxy groups -OCH3 is 2. The first-order valence-corrected chi connectivity index (χ1v) is 7.56. The number of hydrogen-bond acceptors (Lipinski definition) is 4. The molecule has 0 radical (unpaired) electrons. The van der Waals surface area contributed by atoms with Crippen molar-refractivity contribution in [1.82, 2.24) is 15.1 Å². The molecule has 0 aliphatic rings. The molecule has 2 rings (SSSR count). The highest BCUT2D eigenvalue weighted by Crippen LogP contribution is 2.24. The van der Waals surface area contributed by atoms with Gasteiger partial charge in [-0.25, -0.2) is 0 Å². The lowest BCUT2D eigenvalue weighted by Crippen LogP contribution is -2.26. The second kappa shape index (κ2) is 7.67. The molecule has 1 aromatic heterocycles. The first-order valence-electron chi connectivity index (χ1n) is 7.56. The number of nitrogens with one attached hydrogen (secondary N) is 1. The van der Waals surface area contributed by atoms with Crippen LogP contribution in [0.4, 0.5) is 0 Å². The summed E-state index contributed by atoms with van der Waals surface area (Å²) in [4.78, 5) is 12.3. The quantitative estimate of drug-likeness (QED) is 0.796. The Morgan fingerprint density at radius 2 is 2.00 bits per heavy atom. The Morgan fingerprint density at radius 1 is 1.22 bits per heavy atom. The van der Waals surface area contributed by atoms with E-state index in [9.17, 15) is 4.79 Å². The number of amides is 1. The summed E-state index contributed by atoms with van der Waals surface area (Å²) in [5, 5.41) is 7.31. The number of carbonyl (C=O) groups is 1. The summed E-state index contributed by atoms with van der Waals surface area (Å²) in [7, 11) is 3.11. The van der Waals surface area contributed by atoms with Gasteiger partial charge in [-0.3, -0.25) is 9.48 Å². The van der Waals surface area contributed by atoms with Crippen molar-refractivity contribution in [3.63, 3.8) is 0 Å². The molecular formula is C17H23N3O3. The van der Waals surface area contributed by atoms with Crippen LogP contribution in [0.15, 0.2) is 24.3 Å². The van der Waals surface area contributed by atoms with Gasteiger partial charge in [-0.1, -0.05) is 0 Å². The topological polar surface area (TPSA) is 65.4 Å². The first kappa shape index (κ1) is 16.9. The van der Waals surface area contributed by atoms with E-state index in [4.69, 9.17) is 9.47 Å². The lowest BCUT2D eigenvalue weighted by atomic mass is 10.1. The fourth-order valence-corrected chi connectivity index (χ4v) is 2.41. The smallest absolute Gasteiger partial charge is 0.255 e. The van der Waals surface area contributed by atoms with E-state index in [1.54, 1.807) is 25.3 Å². The van der Waals surface area contributed by atoms with Crippen LogP contribution in [-0.2, 0) is 6.54 Å². The van der Waals surface area contributed by atoms with Crippen molar-refractivity contribution in [3.8, 4) is 11.5 Å². The van der Waals surface area contributed by atoms with Gasteiger partial charge >= 0.3 is 0 Å². The molecule has 2 aromatic rings. The van der Waals surface area contributed by atoms with Crippen molar-refractivity contribution in [1.29, 1.82) is 0 Å². The average Bonchev–Trinajstić information content (AvgIpc) is 2.88. The third-order valence-corrected chi connectivity index (χ3v) is 3.59. The Labute approximate surface area is 136 Å². The monoisotopic (exact) mass is 317 g/mol. The number of benzene rings is 1. The van der Waals surface area contributed by atoms with Crippen LogP contribution in [0.3, 0.4) is 0 Å². The van der Waals surface area contributed by atoms with E-state index in [-0.39, 0.29) is 5.91 Å². The summed E-state index contributed by atoms with van der Waals surface area (Å²) in [5.41, 5.74) is 2.64. The molecule has 0 spiro atoms. The SMILES string of the molecule is COc1ccc(C(=O)NCCCn2nc(C)cc2C)c(OC)c1. The van der Waals surface area contributed by atoms with Crippen LogP contribution in [0.5, 0.6) is 11.5 Å². The average molecular weight is 317 g/mol. The van der Waals surface area contributed by atoms with E-state index >= 15 is 0 Å². The summed E-state index contributed by atoms with van der Waals surface area (Å²) in [6.45, 7) is 5.36. The van der Waals surface area contributed by atoms with E-state index in [2.05, 4.69) is 10.4 Å². The molecule has 1 aromatic carbocycles. The number of aryl methyl sites for hydroxylation is 3. The Balaban J connectivity index is 1.88. The zero-order valence-electron chi connectivity index (χ0n) is 14.0. The minimum Gasteiger partial charge on any atom is -0.497 e.